The van der Waals surface area contributed by atoms with E-state index in [1.165, 1.54) is 10.4 Å². The van der Waals surface area contributed by atoms with Crippen LogP contribution in [0.3, 0.4) is 0 Å². The molecule has 3 aromatic rings. The van der Waals surface area contributed by atoms with Gasteiger partial charge >= 0.3 is 0 Å². The van der Waals surface area contributed by atoms with Crippen LogP contribution in [0.1, 0.15) is 33.6 Å². The highest BCUT2D eigenvalue weighted by molar-refractivity contribution is 7.89. The van der Waals surface area contributed by atoms with E-state index in [0.717, 1.165) is 29.1 Å². The molecule has 1 N–H and O–H groups in total. The van der Waals surface area contributed by atoms with Gasteiger partial charge in [-0.05, 0) is 43.2 Å². The van der Waals surface area contributed by atoms with Gasteiger partial charge in [0, 0.05) is 13.1 Å². The Labute approximate surface area is 187 Å². The fourth-order valence-corrected chi connectivity index (χ4v) is 6.42. The molecular weight excluding hydrogens is 452 g/mol. The molecule has 2 aromatic carbocycles. The van der Waals surface area contributed by atoms with Gasteiger partial charge in [0.1, 0.15) is 6.54 Å². The first kappa shape index (κ1) is 20.7. The fourth-order valence-electron chi connectivity index (χ4n) is 3.88. The molecule has 0 aliphatic carbocycles. The van der Waals surface area contributed by atoms with Crippen LogP contribution in [-0.2, 0) is 14.8 Å². The summed E-state index contributed by atoms with van der Waals surface area (Å²) in [5, 5.41) is 2.86. The summed E-state index contributed by atoms with van der Waals surface area (Å²) in [6.45, 7) is 0.598. The van der Waals surface area contributed by atoms with E-state index >= 15 is 0 Å². The molecular formula is C21H18N4O5S2. The summed E-state index contributed by atoms with van der Waals surface area (Å²) in [6.07, 6.45) is 1.70. The zero-order valence-electron chi connectivity index (χ0n) is 16.8. The van der Waals surface area contributed by atoms with Crippen molar-refractivity contribution in [2.45, 2.75) is 17.7 Å². The SMILES string of the molecule is O=C(CN1C(=O)c2ccccc2C1=O)Nc1nc2ccc(S(=O)(=O)N3CCCC3)cc2s1. The maximum atomic E-state index is 12.8. The Hall–Kier alpha value is -3.15. The normalized spacial score (nSPS) is 16.7. The van der Waals surface area contributed by atoms with Crippen molar-refractivity contribution in [3.63, 3.8) is 0 Å². The van der Waals surface area contributed by atoms with Crippen molar-refractivity contribution in [2.24, 2.45) is 0 Å². The number of hydrogen-bond donors (Lipinski definition) is 1. The molecule has 0 unspecified atom stereocenters. The molecule has 0 bridgehead atoms. The zero-order valence-corrected chi connectivity index (χ0v) is 18.4. The molecule has 3 amide bonds. The molecule has 0 radical (unpaired) electrons. The molecule has 9 nitrogen and oxygen atoms in total. The van der Waals surface area contributed by atoms with Crippen LogP contribution in [0.4, 0.5) is 5.13 Å². The van der Waals surface area contributed by atoms with Crippen molar-refractivity contribution < 1.29 is 22.8 Å². The second-order valence-electron chi connectivity index (χ2n) is 7.55. The third-order valence-corrected chi connectivity index (χ3v) is 8.32. The lowest BCUT2D eigenvalue weighted by Gasteiger charge is -2.15. The smallest absolute Gasteiger partial charge is 0.262 e. The molecule has 164 valence electrons. The van der Waals surface area contributed by atoms with Gasteiger partial charge in [0.2, 0.25) is 15.9 Å². The predicted molar refractivity (Wildman–Crippen MR) is 118 cm³/mol. The van der Waals surface area contributed by atoms with Crippen LogP contribution in [0.25, 0.3) is 10.2 Å². The van der Waals surface area contributed by atoms with E-state index in [2.05, 4.69) is 10.3 Å². The summed E-state index contributed by atoms with van der Waals surface area (Å²) in [4.78, 5) is 42.8. The van der Waals surface area contributed by atoms with Gasteiger partial charge in [-0.1, -0.05) is 23.5 Å². The lowest BCUT2D eigenvalue weighted by molar-refractivity contribution is -0.116. The third kappa shape index (κ3) is 3.48. The number of fused-ring (bicyclic) bond motifs is 2. The lowest BCUT2D eigenvalue weighted by Crippen LogP contribution is -2.37. The Morgan fingerprint density at radius 1 is 1.03 bits per heavy atom. The molecule has 0 spiro atoms. The number of benzene rings is 2. The van der Waals surface area contributed by atoms with Gasteiger partial charge in [0.05, 0.1) is 26.2 Å². The number of nitrogens with zero attached hydrogens (tertiary/aromatic N) is 3. The molecule has 0 saturated carbocycles. The van der Waals surface area contributed by atoms with E-state index in [9.17, 15) is 22.8 Å². The lowest BCUT2D eigenvalue weighted by atomic mass is 10.1. The van der Waals surface area contributed by atoms with Crippen molar-refractivity contribution in [1.29, 1.82) is 0 Å². The first-order valence-corrected chi connectivity index (χ1v) is 12.3. The van der Waals surface area contributed by atoms with E-state index in [1.807, 2.05) is 0 Å². The standard InChI is InChI=1S/C21H18N4O5S2/c26-18(12-25-19(27)14-5-1-2-6-15(14)20(25)28)23-21-22-16-8-7-13(11-17(16)31-21)32(29,30)24-9-3-4-10-24/h1-2,5-8,11H,3-4,9-10,12H2,(H,22,23,26). The predicted octanol–water partition coefficient (Wildman–Crippen LogP) is 2.32. The Morgan fingerprint density at radius 3 is 2.34 bits per heavy atom. The minimum Gasteiger partial charge on any atom is -0.300 e. The van der Waals surface area contributed by atoms with Crippen molar-refractivity contribution in [1.82, 2.24) is 14.2 Å². The number of carbonyl (C=O) groups is 3. The number of aromatic nitrogens is 1. The average Bonchev–Trinajstić information content (AvgIpc) is 3.50. The van der Waals surface area contributed by atoms with E-state index in [1.54, 1.807) is 36.4 Å². The van der Waals surface area contributed by atoms with Gasteiger partial charge in [0.25, 0.3) is 11.8 Å². The number of anilines is 1. The Morgan fingerprint density at radius 2 is 1.69 bits per heavy atom. The van der Waals surface area contributed by atoms with Crippen LogP contribution in [0.15, 0.2) is 47.4 Å². The Kier molecular flexibility index (Phi) is 5.03. The summed E-state index contributed by atoms with van der Waals surface area (Å²) in [5.74, 6) is -1.59. The highest BCUT2D eigenvalue weighted by Gasteiger charge is 2.36. The Balaban J connectivity index is 1.32. The van der Waals surface area contributed by atoms with Gasteiger partial charge in [-0.3, -0.25) is 19.3 Å². The van der Waals surface area contributed by atoms with E-state index in [4.69, 9.17) is 0 Å². The van der Waals surface area contributed by atoms with Gasteiger partial charge in [-0.15, -0.1) is 0 Å². The van der Waals surface area contributed by atoms with Crippen LogP contribution < -0.4 is 5.32 Å². The first-order valence-electron chi connectivity index (χ1n) is 10.0. The molecule has 1 saturated heterocycles. The topological polar surface area (TPSA) is 117 Å². The van der Waals surface area contributed by atoms with Gasteiger partial charge in [-0.25, -0.2) is 13.4 Å². The van der Waals surface area contributed by atoms with Crippen LogP contribution in [0, 0.1) is 0 Å². The Bertz CT molecular complexity index is 1340. The molecule has 1 fully saturated rings. The number of hydrogen-bond acceptors (Lipinski definition) is 7. The second-order valence-corrected chi connectivity index (χ2v) is 10.5. The molecule has 1 aromatic heterocycles. The number of nitrogens with one attached hydrogen (secondary N) is 1. The monoisotopic (exact) mass is 470 g/mol. The van der Waals surface area contributed by atoms with Gasteiger partial charge < -0.3 is 5.32 Å². The summed E-state index contributed by atoms with van der Waals surface area (Å²) >= 11 is 1.13. The molecule has 11 heteroatoms. The number of sulfonamides is 1. The van der Waals surface area contributed by atoms with Crippen molar-refractivity contribution in [2.75, 3.05) is 25.0 Å². The summed E-state index contributed by atoms with van der Waals surface area (Å²) in [6, 6.07) is 11.1. The van der Waals surface area contributed by atoms with E-state index < -0.39 is 34.3 Å². The summed E-state index contributed by atoms with van der Waals surface area (Å²) in [7, 11) is -3.55. The van der Waals surface area contributed by atoms with Gasteiger partial charge in [0.15, 0.2) is 5.13 Å². The average molecular weight is 471 g/mol. The highest BCUT2D eigenvalue weighted by atomic mass is 32.2. The fraction of sp³-hybridized carbons (Fsp3) is 0.238. The first-order chi connectivity index (χ1) is 15.3. The molecule has 0 atom stereocenters. The largest absolute Gasteiger partial charge is 0.300 e. The highest BCUT2D eigenvalue weighted by Crippen LogP contribution is 2.30. The molecule has 2 aliphatic heterocycles. The van der Waals surface area contributed by atoms with Crippen LogP contribution in [0.2, 0.25) is 0 Å². The molecule has 2 aliphatic rings. The third-order valence-electron chi connectivity index (χ3n) is 5.49. The van der Waals surface area contributed by atoms with E-state index in [-0.39, 0.29) is 21.2 Å². The summed E-state index contributed by atoms with van der Waals surface area (Å²) < 4.78 is 27.6. The minimum atomic E-state index is -3.55. The number of rotatable bonds is 5. The number of thiazole rings is 1. The number of amides is 3. The zero-order chi connectivity index (χ0) is 22.5. The second kappa shape index (κ2) is 7.76. The maximum Gasteiger partial charge on any atom is 0.262 e. The summed E-state index contributed by atoms with van der Waals surface area (Å²) in [5.41, 5.74) is 1.10. The quantitative estimate of drug-likeness (QED) is 0.572. The van der Waals surface area contributed by atoms with Gasteiger partial charge in [-0.2, -0.15) is 4.31 Å². The molecule has 3 heterocycles. The van der Waals surface area contributed by atoms with Crippen LogP contribution >= 0.6 is 11.3 Å². The number of carbonyl (C=O) groups excluding carboxylic acids is 3. The molecule has 32 heavy (non-hydrogen) atoms. The van der Waals surface area contributed by atoms with Crippen molar-refractivity contribution in [3.8, 4) is 0 Å². The van der Waals surface area contributed by atoms with Crippen molar-refractivity contribution >= 4 is 54.4 Å². The molecule has 5 rings (SSSR count). The van der Waals surface area contributed by atoms with Crippen LogP contribution in [-0.4, -0.2) is 60.0 Å². The number of imide groups is 1. The van der Waals surface area contributed by atoms with E-state index in [0.29, 0.717) is 23.3 Å². The van der Waals surface area contributed by atoms with Crippen molar-refractivity contribution in [3.05, 3.63) is 53.6 Å². The maximum absolute atomic E-state index is 12.8. The minimum absolute atomic E-state index is 0.194. The van der Waals surface area contributed by atoms with Crippen LogP contribution in [0.5, 0.6) is 0 Å².